The van der Waals surface area contributed by atoms with Crippen LogP contribution in [0.5, 0.6) is 5.75 Å². The van der Waals surface area contributed by atoms with Crippen LogP contribution in [0, 0.1) is 18.7 Å². The van der Waals surface area contributed by atoms with E-state index in [1.54, 1.807) is 26.3 Å². The molecule has 1 atom stereocenters. The average Bonchev–Trinajstić information content (AvgIpc) is 2.98. The number of aryl methyl sites for hydroxylation is 1. The molecular formula is C19H23FN2O. The highest BCUT2D eigenvalue weighted by Gasteiger charge is 2.23. The maximum absolute atomic E-state index is 13.7. The first-order chi connectivity index (χ1) is 11.1. The molecule has 2 aromatic rings. The van der Waals surface area contributed by atoms with Crippen molar-refractivity contribution in [3.63, 3.8) is 0 Å². The highest BCUT2D eigenvalue weighted by molar-refractivity contribution is 5.24. The molecule has 23 heavy (non-hydrogen) atoms. The van der Waals surface area contributed by atoms with Crippen molar-refractivity contribution in [3.8, 4) is 5.75 Å². The molecule has 0 N–H and O–H groups in total. The van der Waals surface area contributed by atoms with E-state index in [1.807, 2.05) is 24.4 Å². The molecule has 0 bridgehead atoms. The lowest BCUT2D eigenvalue weighted by Gasteiger charge is -2.16. The average molecular weight is 314 g/mol. The minimum Gasteiger partial charge on any atom is -0.495 e. The Hall–Kier alpha value is -1.94. The van der Waals surface area contributed by atoms with E-state index >= 15 is 0 Å². The first-order valence-corrected chi connectivity index (χ1v) is 8.09. The van der Waals surface area contributed by atoms with Gasteiger partial charge in [0.1, 0.15) is 11.6 Å². The van der Waals surface area contributed by atoms with Crippen LogP contribution in [0.3, 0.4) is 0 Å². The van der Waals surface area contributed by atoms with Crippen molar-refractivity contribution in [2.24, 2.45) is 5.92 Å². The van der Waals surface area contributed by atoms with Gasteiger partial charge in [-0.2, -0.15) is 0 Å². The van der Waals surface area contributed by atoms with E-state index in [2.05, 4.69) is 9.88 Å². The summed E-state index contributed by atoms with van der Waals surface area (Å²) >= 11 is 0. The van der Waals surface area contributed by atoms with Crippen LogP contribution < -0.4 is 4.74 Å². The second-order valence-corrected chi connectivity index (χ2v) is 6.41. The highest BCUT2D eigenvalue weighted by Crippen LogP contribution is 2.24. The van der Waals surface area contributed by atoms with Crippen molar-refractivity contribution in [2.75, 3.05) is 20.2 Å². The molecule has 1 saturated heterocycles. The third-order valence-electron chi connectivity index (χ3n) is 4.54. The summed E-state index contributed by atoms with van der Waals surface area (Å²) in [7, 11) is 1.66. The number of methoxy groups -OCH3 is 1. The van der Waals surface area contributed by atoms with Gasteiger partial charge in [-0.25, -0.2) is 4.39 Å². The molecule has 122 valence electrons. The van der Waals surface area contributed by atoms with E-state index in [9.17, 15) is 4.39 Å². The third-order valence-corrected chi connectivity index (χ3v) is 4.54. The summed E-state index contributed by atoms with van der Waals surface area (Å²) in [6, 6.07) is 7.64. The van der Waals surface area contributed by atoms with Crippen LogP contribution in [-0.4, -0.2) is 30.1 Å². The fourth-order valence-electron chi connectivity index (χ4n) is 3.24. The van der Waals surface area contributed by atoms with Gasteiger partial charge in [0.05, 0.1) is 13.3 Å². The normalized spacial score (nSPS) is 18.3. The van der Waals surface area contributed by atoms with Gasteiger partial charge in [-0.05, 0) is 61.1 Å². The van der Waals surface area contributed by atoms with Crippen molar-refractivity contribution < 1.29 is 9.13 Å². The molecule has 0 saturated carbocycles. The summed E-state index contributed by atoms with van der Waals surface area (Å²) in [5, 5.41) is 0. The molecule has 3 nitrogen and oxygen atoms in total. The van der Waals surface area contributed by atoms with Crippen molar-refractivity contribution in [2.45, 2.75) is 26.3 Å². The van der Waals surface area contributed by atoms with Crippen LogP contribution in [0.25, 0.3) is 0 Å². The van der Waals surface area contributed by atoms with Gasteiger partial charge in [-0.15, -0.1) is 0 Å². The van der Waals surface area contributed by atoms with Gasteiger partial charge in [0.2, 0.25) is 0 Å². The number of pyridine rings is 1. The molecule has 0 radical (unpaired) electrons. The topological polar surface area (TPSA) is 25.4 Å². The van der Waals surface area contributed by atoms with Crippen molar-refractivity contribution in [3.05, 3.63) is 59.2 Å². The zero-order valence-electron chi connectivity index (χ0n) is 13.8. The van der Waals surface area contributed by atoms with Gasteiger partial charge in [0, 0.05) is 19.3 Å². The Bertz CT molecular complexity index is 674. The summed E-state index contributed by atoms with van der Waals surface area (Å²) in [6.45, 7) is 4.82. The van der Waals surface area contributed by atoms with E-state index in [0.29, 0.717) is 11.5 Å². The highest BCUT2D eigenvalue weighted by atomic mass is 19.1. The molecule has 0 aliphatic carbocycles. The number of rotatable bonds is 5. The Morgan fingerprint density at radius 3 is 2.91 bits per heavy atom. The van der Waals surface area contributed by atoms with Gasteiger partial charge >= 0.3 is 0 Å². The Kier molecular flexibility index (Phi) is 4.91. The predicted octanol–water partition coefficient (Wildman–Crippen LogP) is 3.60. The van der Waals surface area contributed by atoms with Crippen LogP contribution in [0.15, 0.2) is 36.7 Å². The van der Waals surface area contributed by atoms with Crippen molar-refractivity contribution in [1.82, 2.24) is 9.88 Å². The van der Waals surface area contributed by atoms with E-state index in [-0.39, 0.29) is 5.82 Å². The SMILES string of the molecule is COc1cncc(CN2CCC(Cc3ccc(C)c(F)c3)C2)c1. The first kappa shape index (κ1) is 15.9. The molecule has 0 spiro atoms. The standard InChI is InChI=1S/C19H23FN2O/c1-14-3-4-15(9-19(14)20)7-16-5-6-22(12-16)13-17-8-18(23-2)11-21-10-17/h3-4,8-11,16H,5-7,12-13H2,1-2H3. The Labute approximate surface area is 137 Å². The summed E-state index contributed by atoms with van der Waals surface area (Å²) in [5.74, 6) is 1.30. The lowest BCUT2D eigenvalue weighted by Crippen LogP contribution is -2.20. The molecule has 3 rings (SSSR count). The van der Waals surface area contributed by atoms with Gasteiger partial charge in [0.15, 0.2) is 0 Å². The van der Waals surface area contributed by atoms with Gasteiger partial charge < -0.3 is 4.74 Å². The van der Waals surface area contributed by atoms with E-state index in [0.717, 1.165) is 43.8 Å². The zero-order chi connectivity index (χ0) is 16.2. The van der Waals surface area contributed by atoms with Crippen LogP contribution >= 0.6 is 0 Å². The number of nitrogens with zero attached hydrogens (tertiary/aromatic N) is 2. The van der Waals surface area contributed by atoms with Gasteiger partial charge in [-0.1, -0.05) is 12.1 Å². The smallest absolute Gasteiger partial charge is 0.137 e. The first-order valence-electron chi connectivity index (χ1n) is 8.09. The molecule has 1 aromatic carbocycles. The van der Waals surface area contributed by atoms with Gasteiger partial charge in [-0.3, -0.25) is 9.88 Å². The maximum Gasteiger partial charge on any atom is 0.137 e. The largest absolute Gasteiger partial charge is 0.495 e. The number of ether oxygens (including phenoxy) is 1. The minimum atomic E-state index is -0.0974. The number of likely N-dealkylation sites (tertiary alicyclic amines) is 1. The second kappa shape index (κ2) is 7.09. The van der Waals surface area contributed by atoms with Crippen molar-refractivity contribution >= 4 is 0 Å². The van der Waals surface area contributed by atoms with Crippen LogP contribution in [0.1, 0.15) is 23.1 Å². The number of hydrogen-bond donors (Lipinski definition) is 0. The monoisotopic (exact) mass is 314 g/mol. The van der Waals surface area contributed by atoms with E-state index in [4.69, 9.17) is 4.74 Å². The third kappa shape index (κ3) is 4.08. The molecule has 1 unspecified atom stereocenters. The van der Waals surface area contributed by atoms with Crippen LogP contribution in [0.2, 0.25) is 0 Å². The summed E-state index contributed by atoms with van der Waals surface area (Å²) in [5.41, 5.74) is 2.99. The minimum absolute atomic E-state index is 0.0974. The van der Waals surface area contributed by atoms with Gasteiger partial charge in [0.25, 0.3) is 0 Å². The van der Waals surface area contributed by atoms with Crippen LogP contribution in [0.4, 0.5) is 4.39 Å². The zero-order valence-corrected chi connectivity index (χ0v) is 13.8. The number of aromatic nitrogens is 1. The molecular weight excluding hydrogens is 291 g/mol. The fourth-order valence-corrected chi connectivity index (χ4v) is 3.24. The summed E-state index contributed by atoms with van der Waals surface area (Å²) < 4.78 is 18.9. The molecule has 1 aliphatic heterocycles. The number of hydrogen-bond acceptors (Lipinski definition) is 3. The molecule has 1 aromatic heterocycles. The second-order valence-electron chi connectivity index (χ2n) is 6.41. The number of benzene rings is 1. The molecule has 2 heterocycles. The lowest BCUT2D eigenvalue weighted by atomic mass is 9.98. The Balaban J connectivity index is 1.56. The molecule has 1 fully saturated rings. The molecule has 1 aliphatic rings. The fraction of sp³-hybridized carbons (Fsp3) is 0.421. The summed E-state index contributed by atoms with van der Waals surface area (Å²) in [4.78, 5) is 6.65. The predicted molar refractivity (Wildman–Crippen MR) is 89.0 cm³/mol. The van der Waals surface area contributed by atoms with Crippen LogP contribution in [-0.2, 0) is 13.0 Å². The number of halogens is 1. The van der Waals surface area contributed by atoms with E-state index in [1.165, 1.54) is 5.56 Å². The summed E-state index contributed by atoms with van der Waals surface area (Å²) in [6.07, 6.45) is 5.73. The lowest BCUT2D eigenvalue weighted by molar-refractivity contribution is 0.315. The maximum atomic E-state index is 13.7. The Morgan fingerprint density at radius 1 is 1.26 bits per heavy atom. The Morgan fingerprint density at radius 2 is 2.13 bits per heavy atom. The quantitative estimate of drug-likeness (QED) is 0.843. The molecule has 4 heteroatoms. The van der Waals surface area contributed by atoms with Crippen molar-refractivity contribution in [1.29, 1.82) is 0 Å². The van der Waals surface area contributed by atoms with E-state index < -0.39 is 0 Å². The molecule has 0 amide bonds.